The highest BCUT2D eigenvalue weighted by molar-refractivity contribution is 9.10. The van der Waals surface area contributed by atoms with Crippen LogP contribution in [0.1, 0.15) is 25.8 Å². The average molecular weight is 328 g/mol. The lowest BCUT2D eigenvalue weighted by Gasteiger charge is -2.15. The average Bonchev–Trinajstić information content (AvgIpc) is 2.37. The van der Waals surface area contributed by atoms with Crippen molar-refractivity contribution in [3.05, 3.63) is 34.3 Å². The number of aliphatic carboxylic acids is 1. The fraction of sp³-hybridized carbons (Fsp3) is 0.429. The van der Waals surface area contributed by atoms with Crippen LogP contribution in [0.25, 0.3) is 0 Å². The Morgan fingerprint density at radius 2 is 1.84 bits per heavy atom. The summed E-state index contributed by atoms with van der Waals surface area (Å²) in [5, 5.41) is 11.4. The predicted octanol–water partition coefficient (Wildman–Crippen LogP) is 2.61. The van der Waals surface area contributed by atoms with E-state index < -0.39 is 17.8 Å². The van der Waals surface area contributed by atoms with Gasteiger partial charge < -0.3 is 10.4 Å². The van der Waals surface area contributed by atoms with Gasteiger partial charge in [0.25, 0.3) is 0 Å². The van der Waals surface area contributed by atoms with Gasteiger partial charge in [-0.15, -0.1) is 0 Å². The fourth-order valence-electron chi connectivity index (χ4n) is 1.59. The van der Waals surface area contributed by atoms with E-state index in [1.165, 1.54) is 12.5 Å². The minimum absolute atomic E-state index is 0.0436. The van der Waals surface area contributed by atoms with Crippen LogP contribution in [0.5, 0.6) is 0 Å². The molecule has 0 spiro atoms. The number of amides is 1. The Balaban J connectivity index is 2.39. The summed E-state index contributed by atoms with van der Waals surface area (Å²) in [4.78, 5) is 22.2. The van der Waals surface area contributed by atoms with Crippen molar-refractivity contribution in [1.29, 1.82) is 0 Å². The highest BCUT2D eigenvalue weighted by Crippen LogP contribution is 2.12. The lowest BCUT2D eigenvalue weighted by molar-refractivity contribution is -0.146. The van der Waals surface area contributed by atoms with Crippen LogP contribution in [-0.4, -0.2) is 23.0 Å². The van der Waals surface area contributed by atoms with Crippen LogP contribution in [0.3, 0.4) is 0 Å². The second kappa shape index (κ2) is 7.28. The molecule has 2 N–H and O–H groups in total. The lowest BCUT2D eigenvalue weighted by atomic mass is 10.1. The highest BCUT2D eigenvalue weighted by atomic mass is 79.9. The van der Waals surface area contributed by atoms with Crippen molar-refractivity contribution in [2.24, 2.45) is 5.92 Å². The lowest BCUT2D eigenvalue weighted by Crippen LogP contribution is -2.39. The van der Waals surface area contributed by atoms with Gasteiger partial charge >= 0.3 is 5.97 Å². The molecule has 0 aromatic heterocycles. The minimum atomic E-state index is -1.10. The van der Waals surface area contributed by atoms with Gasteiger partial charge in [0.05, 0.1) is 0 Å². The molecule has 0 aliphatic carbocycles. The maximum absolute atomic E-state index is 11.6. The summed E-state index contributed by atoms with van der Waals surface area (Å²) in [6.45, 7) is 3.27. The van der Waals surface area contributed by atoms with E-state index in [1.807, 2.05) is 31.2 Å². The van der Waals surface area contributed by atoms with Gasteiger partial charge in [-0.05, 0) is 44.4 Å². The minimum Gasteiger partial charge on any atom is -0.481 e. The Hall–Kier alpha value is -1.36. The monoisotopic (exact) mass is 327 g/mol. The van der Waals surface area contributed by atoms with Crippen molar-refractivity contribution in [3.63, 3.8) is 0 Å². The zero-order valence-corrected chi connectivity index (χ0v) is 12.6. The maximum Gasteiger partial charge on any atom is 0.315 e. The second-order valence-electron chi connectivity index (χ2n) is 4.63. The van der Waals surface area contributed by atoms with Crippen LogP contribution in [-0.2, 0) is 16.0 Å². The van der Waals surface area contributed by atoms with Gasteiger partial charge in [-0.3, -0.25) is 9.59 Å². The summed E-state index contributed by atoms with van der Waals surface area (Å²) >= 11 is 3.38. The van der Waals surface area contributed by atoms with Crippen molar-refractivity contribution >= 4 is 27.8 Å². The molecule has 104 valence electrons. The molecule has 0 heterocycles. The zero-order chi connectivity index (χ0) is 14.4. The summed E-state index contributed by atoms with van der Waals surface area (Å²) in [5.41, 5.74) is 1.19. The molecule has 0 radical (unpaired) electrons. The summed E-state index contributed by atoms with van der Waals surface area (Å²) in [6.07, 6.45) is 1.62. The number of carboxylic acids is 1. The Labute approximate surface area is 121 Å². The second-order valence-corrected chi connectivity index (χ2v) is 5.55. The van der Waals surface area contributed by atoms with Crippen molar-refractivity contribution in [1.82, 2.24) is 5.32 Å². The molecule has 5 heteroatoms. The molecular formula is C14H18BrNO3. The van der Waals surface area contributed by atoms with Crippen LogP contribution < -0.4 is 5.32 Å². The molecule has 0 saturated heterocycles. The topological polar surface area (TPSA) is 66.4 Å². The Bertz CT molecular complexity index is 445. The molecule has 0 saturated carbocycles. The molecule has 0 aliphatic rings. The predicted molar refractivity (Wildman–Crippen MR) is 76.9 cm³/mol. The molecule has 1 aromatic rings. The van der Waals surface area contributed by atoms with Gasteiger partial charge in [0.15, 0.2) is 0 Å². The third kappa shape index (κ3) is 5.42. The molecule has 2 atom stereocenters. The van der Waals surface area contributed by atoms with Gasteiger partial charge in [-0.2, -0.15) is 0 Å². The normalized spacial score (nSPS) is 13.6. The van der Waals surface area contributed by atoms with Crippen LogP contribution in [0, 0.1) is 5.92 Å². The van der Waals surface area contributed by atoms with Gasteiger partial charge in [0.1, 0.15) is 5.92 Å². The largest absolute Gasteiger partial charge is 0.481 e. The quantitative estimate of drug-likeness (QED) is 0.789. The summed E-state index contributed by atoms with van der Waals surface area (Å²) in [6, 6.07) is 7.96. The smallest absolute Gasteiger partial charge is 0.315 e. The van der Waals surface area contributed by atoms with Gasteiger partial charge in [0.2, 0.25) is 5.91 Å². The summed E-state index contributed by atoms with van der Waals surface area (Å²) in [7, 11) is 0. The first-order valence-corrected chi connectivity index (χ1v) is 6.97. The zero-order valence-electron chi connectivity index (χ0n) is 11.0. The van der Waals surface area contributed by atoms with E-state index in [9.17, 15) is 9.59 Å². The fourth-order valence-corrected chi connectivity index (χ4v) is 1.85. The van der Waals surface area contributed by atoms with Crippen molar-refractivity contribution in [3.8, 4) is 0 Å². The van der Waals surface area contributed by atoms with Crippen molar-refractivity contribution < 1.29 is 14.7 Å². The Morgan fingerprint density at radius 3 is 2.37 bits per heavy atom. The van der Waals surface area contributed by atoms with E-state index in [1.54, 1.807) is 0 Å². The van der Waals surface area contributed by atoms with Crippen LogP contribution >= 0.6 is 15.9 Å². The van der Waals surface area contributed by atoms with Crippen LogP contribution in [0.2, 0.25) is 0 Å². The maximum atomic E-state index is 11.6. The molecule has 1 rings (SSSR count). The number of benzene rings is 1. The highest BCUT2D eigenvalue weighted by Gasteiger charge is 2.21. The van der Waals surface area contributed by atoms with Gasteiger partial charge in [-0.1, -0.05) is 28.1 Å². The van der Waals surface area contributed by atoms with E-state index in [-0.39, 0.29) is 6.04 Å². The standard InChI is InChI=1S/C14H18BrNO3/c1-9(16-13(17)10(2)14(18)19)3-4-11-5-7-12(15)8-6-11/h5-10H,3-4H2,1-2H3,(H,16,17)(H,18,19). The van der Waals surface area contributed by atoms with Gasteiger partial charge in [0, 0.05) is 10.5 Å². The van der Waals surface area contributed by atoms with Crippen LogP contribution in [0.15, 0.2) is 28.7 Å². The number of hydrogen-bond donors (Lipinski definition) is 2. The van der Waals surface area contributed by atoms with E-state index in [0.717, 1.165) is 17.3 Å². The number of carbonyl (C=O) groups excluding carboxylic acids is 1. The molecular weight excluding hydrogens is 310 g/mol. The van der Waals surface area contributed by atoms with E-state index in [2.05, 4.69) is 21.2 Å². The number of hydrogen-bond acceptors (Lipinski definition) is 2. The Morgan fingerprint density at radius 1 is 1.26 bits per heavy atom. The first-order chi connectivity index (χ1) is 8.90. The molecule has 1 amide bonds. The summed E-state index contributed by atoms with van der Waals surface area (Å²) < 4.78 is 1.04. The Kier molecular flexibility index (Phi) is 6.02. The van der Waals surface area contributed by atoms with Crippen LogP contribution in [0.4, 0.5) is 0 Å². The number of aryl methyl sites for hydroxylation is 1. The molecule has 1 aromatic carbocycles. The molecule has 0 aliphatic heterocycles. The number of halogens is 1. The first-order valence-electron chi connectivity index (χ1n) is 6.17. The van der Waals surface area contributed by atoms with E-state index in [0.29, 0.717) is 0 Å². The third-order valence-corrected chi connectivity index (χ3v) is 3.46. The molecule has 19 heavy (non-hydrogen) atoms. The van der Waals surface area contributed by atoms with Crippen molar-refractivity contribution in [2.45, 2.75) is 32.7 Å². The molecule has 4 nitrogen and oxygen atoms in total. The van der Waals surface area contributed by atoms with E-state index >= 15 is 0 Å². The molecule has 0 bridgehead atoms. The number of nitrogens with one attached hydrogen (secondary N) is 1. The van der Waals surface area contributed by atoms with Crippen molar-refractivity contribution in [2.75, 3.05) is 0 Å². The summed E-state index contributed by atoms with van der Waals surface area (Å²) in [5.74, 6) is -2.54. The van der Waals surface area contributed by atoms with Gasteiger partial charge in [-0.25, -0.2) is 0 Å². The SMILES string of the molecule is CC(CCc1ccc(Br)cc1)NC(=O)C(C)C(=O)O. The number of carbonyl (C=O) groups is 2. The first kappa shape index (κ1) is 15.7. The number of rotatable bonds is 6. The molecule has 0 fully saturated rings. The van der Waals surface area contributed by atoms with E-state index in [4.69, 9.17) is 5.11 Å². The third-order valence-electron chi connectivity index (χ3n) is 2.93. The number of carboxylic acid groups (broad SMARTS) is 1. The molecule has 2 unspecified atom stereocenters.